The molecule has 1 aromatic carbocycles. The first-order valence-corrected chi connectivity index (χ1v) is 3.09. The van der Waals surface area contributed by atoms with Crippen LogP contribution in [0.4, 0.5) is 5.69 Å². The van der Waals surface area contributed by atoms with Gasteiger partial charge < -0.3 is 5.11 Å². The lowest BCUT2D eigenvalue weighted by Gasteiger charge is -1.94. The molecule has 5 nitrogen and oxygen atoms in total. The standard InChI is InChI=1S/C7H5NO4/c9-7(10)5-3-1-2-4-6(5)8(11)12/h1-4H,(H,9,10)/i7+1. The number of aromatic carboxylic acids is 1. The third-order valence-corrected chi connectivity index (χ3v) is 1.33. The summed E-state index contributed by atoms with van der Waals surface area (Å²) in [5, 5.41) is 18.8. The van der Waals surface area contributed by atoms with Crippen molar-refractivity contribution in [1.82, 2.24) is 0 Å². The molecule has 5 heteroatoms. The fraction of sp³-hybridized carbons (Fsp3) is 0. The number of carboxylic acids is 1. The topological polar surface area (TPSA) is 80.4 Å². The molecule has 1 aromatic rings. The molecular formula is C7H5NO4. The van der Waals surface area contributed by atoms with Crippen LogP contribution in [0, 0.1) is 10.1 Å². The van der Waals surface area contributed by atoms with E-state index in [2.05, 4.69) is 0 Å². The molecule has 0 heterocycles. The summed E-state index contributed by atoms with van der Waals surface area (Å²) in [5.74, 6) is -1.29. The minimum absolute atomic E-state index is 0.289. The maximum atomic E-state index is 10.4. The van der Waals surface area contributed by atoms with E-state index in [0.717, 1.165) is 6.07 Å². The summed E-state index contributed by atoms with van der Waals surface area (Å²) in [6, 6.07) is 5.21. The second-order valence-electron chi connectivity index (χ2n) is 2.08. The summed E-state index contributed by atoms with van der Waals surface area (Å²) in [6.07, 6.45) is 0. The fourth-order valence-corrected chi connectivity index (χ4v) is 0.814. The van der Waals surface area contributed by atoms with Crippen LogP contribution >= 0.6 is 0 Å². The van der Waals surface area contributed by atoms with Crippen LogP contribution in [0.3, 0.4) is 0 Å². The number of nitrogens with zero attached hydrogens (tertiary/aromatic N) is 1. The van der Waals surface area contributed by atoms with Gasteiger partial charge >= 0.3 is 5.97 Å². The summed E-state index contributed by atoms with van der Waals surface area (Å²) in [4.78, 5) is 20.0. The number of nitro benzene ring substituents is 1. The smallest absolute Gasteiger partial charge is 0.342 e. The van der Waals surface area contributed by atoms with E-state index in [1.807, 2.05) is 0 Å². The van der Waals surface area contributed by atoms with Crippen molar-refractivity contribution in [3.63, 3.8) is 0 Å². The minimum atomic E-state index is -1.29. The number of benzene rings is 1. The Kier molecular flexibility index (Phi) is 2.05. The zero-order valence-electron chi connectivity index (χ0n) is 5.93. The van der Waals surface area contributed by atoms with Crippen molar-refractivity contribution in [2.45, 2.75) is 0 Å². The van der Waals surface area contributed by atoms with E-state index in [-0.39, 0.29) is 11.3 Å². The van der Waals surface area contributed by atoms with E-state index in [1.165, 1.54) is 18.2 Å². The van der Waals surface area contributed by atoms with Crippen molar-refractivity contribution in [2.24, 2.45) is 0 Å². The fourth-order valence-electron chi connectivity index (χ4n) is 0.814. The number of carboxylic acid groups (broad SMARTS) is 1. The zero-order chi connectivity index (χ0) is 9.14. The molecule has 0 bridgehead atoms. The van der Waals surface area contributed by atoms with Crippen molar-refractivity contribution < 1.29 is 14.8 Å². The summed E-state index contributed by atoms with van der Waals surface area (Å²) in [5.41, 5.74) is -0.674. The molecule has 0 radical (unpaired) electrons. The quantitative estimate of drug-likeness (QED) is 0.410. The Morgan fingerprint density at radius 1 is 1.42 bits per heavy atom. The van der Waals surface area contributed by atoms with Crippen LogP contribution in [-0.2, 0) is 0 Å². The summed E-state index contributed by atoms with van der Waals surface area (Å²) in [7, 11) is 0. The van der Waals surface area contributed by atoms with Crippen molar-refractivity contribution in [1.29, 1.82) is 0 Å². The monoisotopic (exact) mass is 168 g/mol. The summed E-state index contributed by atoms with van der Waals surface area (Å²) >= 11 is 0. The van der Waals surface area contributed by atoms with Crippen LogP contribution in [0.1, 0.15) is 10.4 Å². The van der Waals surface area contributed by atoms with Gasteiger partial charge in [0.05, 0.1) is 4.92 Å². The molecule has 0 saturated heterocycles. The van der Waals surface area contributed by atoms with Gasteiger partial charge in [0, 0.05) is 6.07 Å². The Balaban J connectivity index is 3.27. The molecule has 1 rings (SSSR count). The molecular weight excluding hydrogens is 163 g/mol. The molecule has 0 aromatic heterocycles. The lowest BCUT2D eigenvalue weighted by Crippen LogP contribution is -2.01. The highest BCUT2D eigenvalue weighted by atomic mass is 16.6. The summed E-state index contributed by atoms with van der Waals surface area (Å²) in [6.45, 7) is 0. The Morgan fingerprint density at radius 3 is 2.42 bits per heavy atom. The Labute approximate surface area is 67.4 Å². The van der Waals surface area contributed by atoms with Crippen LogP contribution < -0.4 is 0 Å². The molecule has 1 N–H and O–H groups in total. The first-order valence-electron chi connectivity index (χ1n) is 3.09. The van der Waals surface area contributed by atoms with Gasteiger partial charge in [0.25, 0.3) is 5.69 Å². The molecule has 0 aliphatic heterocycles. The Bertz CT molecular complexity index is 301. The lowest BCUT2D eigenvalue weighted by molar-refractivity contribution is -0.385. The van der Waals surface area contributed by atoms with Gasteiger partial charge in [-0.3, -0.25) is 10.1 Å². The van der Waals surface area contributed by atoms with Crippen LogP contribution in [0.15, 0.2) is 24.3 Å². The third-order valence-electron chi connectivity index (χ3n) is 1.33. The molecule has 62 valence electrons. The van der Waals surface area contributed by atoms with Crippen LogP contribution in [-0.4, -0.2) is 16.0 Å². The van der Waals surface area contributed by atoms with E-state index in [1.54, 1.807) is 0 Å². The van der Waals surface area contributed by atoms with Crippen LogP contribution in [0.5, 0.6) is 0 Å². The zero-order valence-corrected chi connectivity index (χ0v) is 5.93. The second-order valence-corrected chi connectivity index (χ2v) is 2.08. The van der Waals surface area contributed by atoms with Crippen LogP contribution in [0.25, 0.3) is 0 Å². The number of hydrogen-bond donors (Lipinski definition) is 1. The number of para-hydroxylation sites is 1. The average Bonchev–Trinajstić information content (AvgIpc) is 2.04. The van der Waals surface area contributed by atoms with Gasteiger partial charge in [-0.25, -0.2) is 4.79 Å². The van der Waals surface area contributed by atoms with Crippen molar-refractivity contribution in [3.8, 4) is 0 Å². The average molecular weight is 168 g/mol. The molecule has 0 unspecified atom stereocenters. The Morgan fingerprint density at radius 2 is 2.00 bits per heavy atom. The predicted molar refractivity (Wildman–Crippen MR) is 40.1 cm³/mol. The molecule has 0 aliphatic carbocycles. The normalized spacial score (nSPS) is 9.33. The molecule has 0 saturated carbocycles. The van der Waals surface area contributed by atoms with Gasteiger partial charge in [-0.2, -0.15) is 0 Å². The molecule has 0 fully saturated rings. The van der Waals surface area contributed by atoms with Gasteiger partial charge in [0.15, 0.2) is 0 Å². The van der Waals surface area contributed by atoms with Crippen molar-refractivity contribution in [2.75, 3.05) is 0 Å². The van der Waals surface area contributed by atoms with E-state index < -0.39 is 10.9 Å². The van der Waals surface area contributed by atoms with E-state index in [4.69, 9.17) is 5.11 Å². The third kappa shape index (κ3) is 1.39. The highest BCUT2D eigenvalue weighted by Crippen LogP contribution is 2.16. The highest BCUT2D eigenvalue weighted by molar-refractivity contribution is 5.92. The van der Waals surface area contributed by atoms with Crippen LogP contribution in [0.2, 0.25) is 0 Å². The lowest BCUT2D eigenvalue weighted by atomic mass is 10.2. The largest absolute Gasteiger partial charge is 0.477 e. The SMILES string of the molecule is O=[13C](O)c1ccccc1[N+](=O)[O-]. The van der Waals surface area contributed by atoms with Gasteiger partial charge in [0.1, 0.15) is 5.56 Å². The molecule has 0 spiro atoms. The van der Waals surface area contributed by atoms with Crippen molar-refractivity contribution in [3.05, 3.63) is 39.9 Å². The second kappa shape index (κ2) is 3.00. The minimum Gasteiger partial charge on any atom is -0.477 e. The van der Waals surface area contributed by atoms with E-state index in [9.17, 15) is 14.9 Å². The number of rotatable bonds is 2. The van der Waals surface area contributed by atoms with Gasteiger partial charge in [-0.05, 0) is 6.07 Å². The van der Waals surface area contributed by atoms with E-state index in [0.29, 0.717) is 0 Å². The van der Waals surface area contributed by atoms with Gasteiger partial charge in [0.2, 0.25) is 0 Å². The number of hydrogen-bond acceptors (Lipinski definition) is 3. The maximum absolute atomic E-state index is 10.4. The number of carbonyl (C=O) groups is 1. The molecule has 12 heavy (non-hydrogen) atoms. The van der Waals surface area contributed by atoms with Gasteiger partial charge in [-0.1, -0.05) is 12.1 Å². The summed E-state index contributed by atoms with van der Waals surface area (Å²) < 4.78 is 0. The van der Waals surface area contributed by atoms with E-state index >= 15 is 0 Å². The first-order chi connectivity index (χ1) is 5.63. The molecule has 0 atom stereocenters. The molecule has 0 amide bonds. The number of nitro groups is 1. The molecule has 0 aliphatic rings. The van der Waals surface area contributed by atoms with Crippen molar-refractivity contribution >= 4 is 11.7 Å². The predicted octanol–water partition coefficient (Wildman–Crippen LogP) is 1.29. The van der Waals surface area contributed by atoms with Gasteiger partial charge in [-0.15, -0.1) is 0 Å². The Hall–Kier alpha value is -1.91. The highest BCUT2D eigenvalue weighted by Gasteiger charge is 2.17. The first kappa shape index (κ1) is 8.19. The maximum Gasteiger partial charge on any atom is 0.342 e.